The Morgan fingerprint density at radius 1 is 1.13 bits per heavy atom. The average molecular weight is 327 g/mol. The molecule has 0 bridgehead atoms. The molecule has 23 heavy (non-hydrogen) atoms. The van der Waals surface area contributed by atoms with Crippen LogP contribution < -0.4 is 9.64 Å². The second-order valence-corrected chi connectivity index (χ2v) is 6.49. The van der Waals surface area contributed by atoms with E-state index in [1.165, 1.54) is 5.56 Å². The Bertz CT molecular complexity index is 684. The maximum absolute atomic E-state index is 12.4. The Morgan fingerprint density at radius 2 is 1.87 bits per heavy atom. The Morgan fingerprint density at radius 3 is 2.57 bits per heavy atom. The van der Waals surface area contributed by atoms with Crippen molar-refractivity contribution in [1.82, 2.24) is 0 Å². The minimum Gasteiger partial charge on any atom is -0.493 e. The molecule has 1 amide bonds. The number of aryl methyl sites for hydroxylation is 1. The zero-order valence-corrected chi connectivity index (χ0v) is 14.3. The first-order valence-corrected chi connectivity index (χ1v) is 9.03. The van der Waals surface area contributed by atoms with Crippen molar-refractivity contribution >= 4 is 23.4 Å². The number of carbonyl (C=O) groups is 1. The molecule has 3 rings (SSSR count). The van der Waals surface area contributed by atoms with Crippen molar-refractivity contribution in [2.75, 3.05) is 17.3 Å². The summed E-state index contributed by atoms with van der Waals surface area (Å²) in [5.41, 5.74) is 3.29. The van der Waals surface area contributed by atoms with Gasteiger partial charge in [0.25, 0.3) is 0 Å². The van der Waals surface area contributed by atoms with E-state index in [2.05, 4.69) is 25.1 Å². The van der Waals surface area contributed by atoms with E-state index in [1.807, 2.05) is 42.2 Å². The zero-order valence-electron chi connectivity index (χ0n) is 13.5. The second-order valence-electron chi connectivity index (χ2n) is 5.42. The first kappa shape index (κ1) is 15.9. The van der Waals surface area contributed by atoms with Gasteiger partial charge in [0.2, 0.25) is 5.91 Å². The van der Waals surface area contributed by atoms with Crippen molar-refractivity contribution in [2.45, 2.75) is 25.6 Å². The molecule has 1 fully saturated rings. The van der Waals surface area contributed by atoms with E-state index in [9.17, 15) is 4.79 Å². The third kappa shape index (κ3) is 3.22. The van der Waals surface area contributed by atoms with Gasteiger partial charge in [-0.3, -0.25) is 9.69 Å². The fraction of sp³-hybridized carbons (Fsp3) is 0.316. The zero-order chi connectivity index (χ0) is 16.2. The van der Waals surface area contributed by atoms with E-state index >= 15 is 0 Å². The number of para-hydroxylation sites is 1. The van der Waals surface area contributed by atoms with Crippen LogP contribution in [-0.4, -0.2) is 18.3 Å². The fourth-order valence-corrected chi connectivity index (χ4v) is 4.00. The van der Waals surface area contributed by atoms with Crippen LogP contribution in [0.1, 0.15) is 30.3 Å². The smallest absolute Gasteiger partial charge is 0.238 e. The molecule has 1 atom stereocenters. The molecule has 4 heteroatoms. The summed E-state index contributed by atoms with van der Waals surface area (Å²) in [7, 11) is 0. The normalized spacial score (nSPS) is 17.6. The summed E-state index contributed by atoms with van der Waals surface area (Å²) < 4.78 is 5.75. The summed E-state index contributed by atoms with van der Waals surface area (Å²) >= 11 is 1.65. The number of rotatable bonds is 5. The number of nitrogens with zero attached hydrogens (tertiary/aromatic N) is 1. The van der Waals surface area contributed by atoms with Crippen LogP contribution in [0.25, 0.3) is 0 Å². The number of hydrogen-bond acceptors (Lipinski definition) is 3. The lowest BCUT2D eigenvalue weighted by Gasteiger charge is -2.26. The SMILES string of the molecule is CCOc1ccccc1C1SCC(=O)N1c1ccc(CC)cc1. The van der Waals surface area contributed by atoms with Crippen LogP contribution in [0.2, 0.25) is 0 Å². The van der Waals surface area contributed by atoms with Gasteiger partial charge in [0.15, 0.2) is 0 Å². The molecule has 1 aliphatic heterocycles. The Balaban J connectivity index is 1.96. The lowest BCUT2D eigenvalue weighted by atomic mass is 10.1. The highest BCUT2D eigenvalue weighted by Crippen LogP contribution is 2.44. The summed E-state index contributed by atoms with van der Waals surface area (Å²) in [6.07, 6.45) is 1.000. The molecule has 0 spiro atoms. The highest BCUT2D eigenvalue weighted by molar-refractivity contribution is 8.00. The molecule has 1 saturated heterocycles. The Kier molecular flexibility index (Phi) is 4.91. The number of hydrogen-bond donors (Lipinski definition) is 0. The number of thioether (sulfide) groups is 1. The Hall–Kier alpha value is -1.94. The van der Waals surface area contributed by atoms with Crippen LogP contribution >= 0.6 is 11.8 Å². The topological polar surface area (TPSA) is 29.5 Å². The average Bonchev–Trinajstić information content (AvgIpc) is 2.97. The van der Waals surface area contributed by atoms with E-state index in [0.717, 1.165) is 23.4 Å². The number of benzene rings is 2. The molecule has 0 saturated carbocycles. The minimum atomic E-state index is -0.0299. The van der Waals surface area contributed by atoms with Gasteiger partial charge in [-0.25, -0.2) is 0 Å². The molecule has 2 aromatic rings. The first-order valence-electron chi connectivity index (χ1n) is 7.99. The van der Waals surface area contributed by atoms with E-state index in [0.29, 0.717) is 12.4 Å². The van der Waals surface area contributed by atoms with Crippen molar-refractivity contribution < 1.29 is 9.53 Å². The van der Waals surface area contributed by atoms with Crippen molar-refractivity contribution in [3.05, 3.63) is 59.7 Å². The van der Waals surface area contributed by atoms with Gasteiger partial charge in [-0.05, 0) is 37.1 Å². The minimum absolute atomic E-state index is 0.0299. The number of carbonyl (C=O) groups excluding carboxylic acids is 1. The van der Waals surface area contributed by atoms with Crippen LogP contribution in [0, 0.1) is 0 Å². The molecule has 1 heterocycles. The van der Waals surface area contributed by atoms with Gasteiger partial charge in [-0.2, -0.15) is 0 Å². The van der Waals surface area contributed by atoms with Crippen LogP contribution in [0.15, 0.2) is 48.5 Å². The lowest BCUT2D eigenvalue weighted by Crippen LogP contribution is -2.28. The summed E-state index contributed by atoms with van der Waals surface area (Å²) in [6.45, 7) is 4.73. The highest BCUT2D eigenvalue weighted by atomic mass is 32.2. The molecule has 120 valence electrons. The number of anilines is 1. The van der Waals surface area contributed by atoms with E-state index in [-0.39, 0.29) is 11.3 Å². The molecule has 2 aromatic carbocycles. The van der Waals surface area contributed by atoms with Crippen LogP contribution in [-0.2, 0) is 11.2 Å². The molecule has 0 aromatic heterocycles. The predicted octanol–water partition coefficient (Wildman–Crippen LogP) is 4.43. The molecule has 0 radical (unpaired) electrons. The standard InChI is InChI=1S/C19H21NO2S/c1-3-14-9-11-15(12-10-14)20-18(21)13-23-19(20)16-7-5-6-8-17(16)22-4-2/h5-12,19H,3-4,13H2,1-2H3. The molecule has 1 aliphatic rings. The maximum atomic E-state index is 12.4. The molecular formula is C19H21NO2S. The van der Waals surface area contributed by atoms with Gasteiger partial charge >= 0.3 is 0 Å². The van der Waals surface area contributed by atoms with E-state index in [4.69, 9.17) is 4.74 Å². The number of amides is 1. The summed E-state index contributed by atoms with van der Waals surface area (Å²) in [4.78, 5) is 14.3. The largest absolute Gasteiger partial charge is 0.493 e. The summed E-state index contributed by atoms with van der Waals surface area (Å²) in [6, 6.07) is 16.3. The lowest BCUT2D eigenvalue weighted by molar-refractivity contribution is -0.115. The second kappa shape index (κ2) is 7.09. The van der Waals surface area contributed by atoms with Crippen molar-refractivity contribution in [3.63, 3.8) is 0 Å². The monoisotopic (exact) mass is 327 g/mol. The van der Waals surface area contributed by atoms with Gasteiger partial charge < -0.3 is 4.74 Å². The highest BCUT2D eigenvalue weighted by Gasteiger charge is 2.35. The van der Waals surface area contributed by atoms with E-state index < -0.39 is 0 Å². The van der Waals surface area contributed by atoms with Gasteiger partial charge in [0.1, 0.15) is 11.1 Å². The first-order chi connectivity index (χ1) is 11.2. The molecular weight excluding hydrogens is 306 g/mol. The summed E-state index contributed by atoms with van der Waals surface area (Å²) in [5.74, 6) is 1.51. The summed E-state index contributed by atoms with van der Waals surface area (Å²) in [5, 5.41) is -0.0299. The van der Waals surface area contributed by atoms with Crippen molar-refractivity contribution in [1.29, 1.82) is 0 Å². The molecule has 0 aliphatic carbocycles. The molecule has 0 N–H and O–H groups in total. The quantitative estimate of drug-likeness (QED) is 0.814. The third-order valence-corrected chi connectivity index (χ3v) is 5.17. The number of ether oxygens (including phenoxy) is 1. The predicted molar refractivity (Wildman–Crippen MR) is 96.1 cm³/mol. The van der Waals surface area contributed by atoms with E-state index in [1.54, 1.807) is 11.8 Å². The third-order valence-electron chi connectivity index (χ3n) is 3.98. The maximum Gasteiger partial charge on any atom is 0.238 e. The van der Waals surface area contributed by atoms with Crippen LogP contribution in [0.4, 0.5) is 5.69 Å². The van der Waals surface area contributed by atoms with Gasteiger partial charge in [-0.15, -0.1) is 11.8 Å². The Labute approximate surface area is 141 Å². The van der Waals surface area contributed by atoms with Crippen LogP contribution in [0.5, 0.6) is 5.75 Å². The van der Waals surface area contributed by atoms with Crippen LogP contribution in [0.3, 0.4) is 0 Å². The van der Waals surface area contributed by atoms with Gasteiger partial charge in [0, 0.05) is 11.3 Å². The van der Waals surface area contributed by atoms with Crippen molar-refractivity contribution in [2.24, 2.45) is 0 Å². The molecule has 1 unspecified atom stereocenters. The fourth-order valence-electron chi connectivity index (χ4n) is 2.80. The molecule has 3 nitrogen and oxygen atoms in total. The van der Waals surface area contributed by atoms with Gasteiger partial charge in [-0.1, -0.05) is 37.3 Å². The van der Waals surface area contributed by atoms with Crippen molar-refractivity contribution in [3.8, 4) is 5.75 Å². The van der Waals surface area contributed by atoms with Gasteiger partial charge in [0.05, 0.1) is 12.4 Å².